The molecule has 1 N–H and O–H groups in total. The quantitative estimate of drug-likeness (QED) is 0.843. The van der Waals surface area contributed by atoms with Crippen LogP contribution in [0.25, 0.3) is 0 Å². The summed E-state index contributed by atoms with van der Waals surface area (Å²) in [6.45, 7) is 0.751. The van der Waals surface area contributed by atoms with Crippen LogP contribution in [0.5, 0.6) is 0 Å². The first kappa shape index (κ1) is 17.3. The van der Waals surface area contributed by atoms with E-state index in [-0.39, 0.29) is 17.6 Å². The minimum Gasteiger partial charge on any atom is -0.459 e. The predicted octanol–water partition coefficient (Wildman–Crippen LogP) is 2.88. The van der Waals surface area contributed by atoms with E-state index in [9.17, 15) is 9.59 Å². The van der Waals surface area contributed by atoms with E-state index < -0.39 is 6.04 Å². The molecule has 1 fully saturated rings. The largest absolute Gasteiger partial charge is 0.459 e. The second-order valence-corrected chi connectivity index (χ2v) is 6.71. The van der Waals surface area contributed by atoms with E-state index in [0.717, 1.165) is 12.1 Å². The lowest BCUT2D eigenvalue weighted by molar-refractivity contribution is -0.132. The van der Waals surface area contributed by atoms with E-state index >= 15 is 0 Å². The van der Waals surface area contributed by atoms with Gasteiger partial charge < -0.3 is 14.6 Å². The fraction of sp³-hybridized carbons (Fsp3) is 0.400. The molecule has 3 rings (SSSR count). The van der Waals surface area contributed by atoms with Crippen molar-refractivity contribution in [1.82, 2.24) is 10.2 Å². The molecule has 5 heteroatoms. The first-order valence-corrected chi connectivity index (χ1v) is 8.77. The van der Waals surface area contributed by atoms with Crippen LogP contribution in [-0.2, 0) is 11.2 Å². The first-order chi connectivity index (χ1) is 12.1. The predicted molar refractivity (Wildman–Crippen MR) is 95.1 cm³/mol. The number of hydrogen-bond acceptors (Lipinski definition) is 3. The number of nitrogens with zero attached hydrogens (tertiary/aromatic N) is 1. The molecule has 0 bridgehead atoms. The van der Waals surface area contributed by atoms with E-state index in [2.05, 4.69) is 5.32 Å². The molecule has 1 aliphatic rings. The van der Waals surface area contributed by atoms with Crippen LogP contribution in [0, 0.1) is 5.92 Å². The highest BCUT2D eigenvalue weighted by atomic mass is 16.3. The lowest BCUT2D eigenvalue weighted by Crippen LogP contribution is -2.49. The molecular formula is C20H24N2O3. The number of carbonyl (C=O) groups excluding carboxylic acids is 2. The van der Waals surface area contributed by atoms with Crippen molar-refractivity contribution in [1.29, 1.82) is 0 Å². The summed E-state index contributed by atoms with van der Waals surface area (Å²) in [5.41, 5.74) is 1.01. The van der Waals surface area contributed by atoms with E-state index in [4.69, 9.17) is 4.42 Å². The molecule has 1 unspecified atom stereocenters. The van der Waals surface area contributed by atoms with Crippen molar-refractivity contribution in [3.05, 3.63) is 60.1 Å². The Kier molecular flexibility index (Phi) is 5.53. The lowest BCUT2D eigenvalue weighted by Gasteiger charge is -2.32. The summed E-state index contributed by atoms with van der Waals surface area (Å²) in [7, 11) is 1.82. The number of rotatable bonds is 7. The third kappa shape index (κ3) is 4.50. The molecule has 0 radical (unpaired) electrons. The number of furan rings is 1. The Balaban J connectivity index is 1.70. The molecular weight excluding hydrogens is 316 g/mol. The SMILES string of the molecule is CN(CC1CCC1)C(=O)C(Cc1ccccc1)NC(=O)c1ccco1. The zero-order valence-corrected chi connectivity index (χ0v) is 14.5. The smallest absolute Gasteiger partial charge is 0.287 e. The van der Waals surface area contributed by atoms with Crippen LogP contribution < -0.4 is 5.32 Å². The third-order valence-corrected chi connectivity index (χ3v) is 4.76. The highest BCUT2D eigenvalue weighted by Crippen LogP contribution is 2.27. The van der Waals surface area contributed by atoms with Gasteiger partial charge in [-0.1, -0.05) is 36.8 Å². The van der Waals surface area contributed by atoms with Crippen molar-refractivity contribution in [3.63, 3.8) is 0 Å². The van der Waals surface area contributed by atoms with Crippen LogP contribution in [0.1, 0.15) is 35.4 Å². The van der Waals surface area contributed by atoms with Gasteiger partial charge in [-0.05, 0) is 36.5 Å². The standard InChI is InChI=1S/C20H24N2O3/c1-22(14-16-9-5-10-16)20(24)17(13-15-7-3-2-4-8-15)21-19(23)18-11-6-12-25-18/h2-4,6-8,11-12,16-17H,5,9-10,13-14H2,1H3,(H,21,23). The van der Waals surface area contributed by atoms with Crippen molar-refractivity contribution in [3.8, 4) is 0 Å². The Morgan fingerprint density at radius 1 is 1.20 bits per heavy atom. The van der Waals surface area contributed by atoms with Crippen molar-refractivity contribution < 1.29 is 14.0 Å². The maximum absolute atomic E-state index is 12.9. The molecule has 5 nitrogen and oxygen atoms in total. The lowest BCUT2D eigenvalue weighted by atomic mass is 9.85. The van der Waals surface area contributed by atoms with Crippen LogP contribution in [-0.4, -0.2) is 36.3 Å². The van der Waals surface area contributed by atoms with Gasteiger partial charge in [0.25, 0.3) is 5.91 Å². The molecule has 1 aromatic carbocycles. The molecule has 1 saturated carbocycles. The highest BCUT2D eigenvalue weighted by molar-refractivity contribution is 5.95. The normalized spacial score (nSPS) is 15.2. The Labute approximate surface area is 148 Å². The van der Waals surface area contributed by atoms with Crippen LogP contribution in [0.3, 0.4) is 0 Å². The highest BCUT2D eigenvalue weighted by Gasteiger charge is 2.28. The summed E-state index contributed by atoms with van der Waals surface area (Å²) in [6.07, 6.45) is 5.52. The van der Waals surface area contributed by atoms with Gasteiger partial charge in [-0.15, -0.1) is 0 Å². The van der Waals surface area contributed by atoms with Crippen LogP contribution in [0.4, 0.5) is 0 Å². The summed E-state index contributed by atoms with van der Waals surface area (Å²) in [5.74, 6) is 0.381. The molecule has 1 heterocycles. The number of carbonyl (C=O) groups is 2. The van der Waals surface area contributed by atoms with E-state index in [1.807, 2.05) is 37.4 Å². The van der Waals surface area contributed by atoms with Gasteiger partial charge in [0.1, 0.15) is 6.04 Å². The first-order valence-electron chi connectivity index (χ1n) is 8.77. The molecule has 0 saturated heterocycles. The van der Waals surface area contributed by atoms with Gasteiger partial charge >= 0.3 is 0 Å². The van der Waals surface area contributed by atoms with Crippen molar-refractivity contribution in [2.45, 2.75) is 31.7 Å². The topological polar surface area (TPSA) is 62.6 Å². The van der Waals surface area contributed by atoms with E-state index in [1.54, 1.807) is 17.0 Å². The second kappa shape index (κ2) is 8.01. The summed E-state index contributed by atoms with van der Waals surface area (Å²) in [5, 5.41) is 2.83. The van der Waals surface area contributed by atoms with Gasteiger partial charge in [0.2, 0.25) is 5.91 Å². The summed E-state index contributed by atoms with van der Waals surface area (Å²) in [6, 6.07) is 12.4. The van der Waals surface area contributed by atoms with Gasteiger partial charge in [-0.2, -0.15) is 0 Å². The number of amides is 2. The van der Waals surface area contributed by atoms with Gasteiger partial charge in [-0.25, -0.2) is 0 Å². The van der Waals surface area contributed by atoms with E-state index in [1.165, 1.54) is 25.5 Å². The zero-order valence-electron chi connectivity index (χ0n) is 14.5. The maximum atomic E-state index is 12.9. The van der Waals surface area contributed by atoms with Crippen molar-refractivity contribution >= 4 is 11.8 Å². The number of benzene rings is 1. The summed E-state index contributed by atoms with van der Waals surface area (Å²) in [4.78, 5) is 27.0. The average Bonchev–Trinajstić information content (AvgIpc) is 3.12. The van der Waals surface area contributed by atoms with Crippen molar-refractivity contribution in [2.75, 3.05) is 13.6 Å². The maximum Gasteiger partial charge on any atom is 0.287 e. The molecule has 2 aromatic rings. The molecule has 1 atom stereocenters. The fourth-order valence-corrected chi connectivity index (χ4v) is 3.11. The minimum absolute atomic E-state index is 0.0596. The van der Waals surface area contributed by atoms with Crippen LogP contribution in [0.15, 0.2) is 53.1 Å². The molecule has 1 aromatic heterocycles. The van der Waals surface area contributed by atoms with Crippen LogP contribution in [0.2, 0.25) is 0 Å². The zero-order chi connectivity index (χ0) is 17.6. The third-order valence-electron chi connectivity index (χ3n) is 4.76. The fourth-order valence-electron chi connectivity index (χ4n) is 3.11. The minimum atomic E-state index is -0.606. The molecule has 1 aliphatic carbocycles. The van der Waals surface area contributed by atoms with Gasteiger partial charge in [0.05, 0.1) is 6.26 Å². The Bertz CT molecular complexity index is 693. The average molecular weight is 340 g/mol. The van der Waals surface area contributed by atoms with Gasteiger partial charge in [-0.3, -0.25) is 9.59 Å². The molecule has 132 valence electrons. The second-order valence-electron chi connectivity index (χ2n) is 6.71. The molecule has 25 heavy (non-hydrogen) atoms. The monoisotopic (exact) mass is 340 g/mol. The summed E-state index contributed by atoms with van der Waals surface area (Å²) >= 11 is 0. The Morgan fingerprint density at radius 2 is 1.96 bits per heavy atom. The summed E-state index contributed by atoms with van der Waals surface area (Å²) < 4.78 is 5.14. The Hall–Kier alpha value is -2.56. The number of nitrogens with one attached hydrogen (secondary N) is 1. The van der Waals surface area contributed by atoms with E-state index in [0.29, 0.717) is 12.3 Å². The Morgan fingerprint density at radius 3 is 2.56 bits per heavy atom. The van der Waals surface area contributed by atoms with Gasteiger partial charge in [0, 0.05) is 20.0 Å². The van der Waals surface area contributed by atoms with Crippen LogP contribution >= 0.6 is 0 Å². The number of likely N-dealkylation sites (N-methyl/N-ethyl adjacent to an activating group) is 1. The molecule has 0 spiro atoms. The van der Waals surface area contributed by atoms with Crippen molar-refractivity contribution in [2.24, 2.45) is 5.92 Å². The molecule has 2 amide bonds. The van der Waals surface area contributed by atoms with Gasteiger partial charge in [0.15, 0.2) is 5.76 Å². The molecule has 0 aliphatic heterocycles. The number of hydrogen-bond donors (Lipinski definition) is 1.